The third-order valence-corrected chi connectivity index (χ3v) is 3.21. The van der Waals surface area contributed by atoms with Crippen LogP contribution in [0.2, 0.25) is 0 Å². The van der Waals surface area contributed by atoms with Crippen molar-refractivity contribution in [3.8, 4) is 0 Å². The maximum atomic E-state index is 10.8. The number of nitro groups is 1. The molecule has 0 unspecified atom stereocenters. The molecular weight excluding hydrogens is 246 g/mol. The van der Waals surface area contributed by atoms with Crippen molar-refractivity contribution in [2.75, 3.05) is 43.9 Å². The van der Waals surface area contributed by atoms with E-state index in [9.17, 15) is 10.1 Å². The summed E-state index contributed by atoms with van der Waals surface area (Å²) in [5, 5.41) is 16.8. The smallest absolute Gasteiger partial charge is 0.276 e. The molecule has 0 radical (unpaired) electrons. The van der Waals surface area contributed by atoms with Crippen molar-refractivity contribution in [1.82, 2.24) is 9.88 Å². The number of anilines is 2. The van der Waals surface area contributed by atoms with Gasteiger partial charge in [0.2, 0.25) is 0 Å². The van der Waals surface area contributed by atoms with Gasteiger partial charge in [-0.25, -0.2) is 4.98 Å². The molecule has 0 amide bonds. The normalized spacial score (nSPS) is 15.4. The van der Waals surface area contributed by atoms with Gasteiger partial charge in [-0.2, -0.15) is 0 Å². The molecule has 2 heterocycles. The molecule has 104 valence electrons. The number of nitrogens with one attached hydrogen (secondary N) is 2. The monoisotopic (exact) mass is 265 g/mol. The molecule has 1 aliphatic heterocycles. The van der Waals surface area contributed by atoms with Crippen LogP contribution in [0.5, 0.6) is 0 Å². The van der Waals surface area contributed by atoms with Crippen LogP contribution in [0.25, 0.3) is 0 Å². The zero-order chi connectivity index (χ0) is 13.7. The fraction of sp³-hybridized carbons (Fsp3) is 0.583. The number of nitrogens with zero attached hydrogens (tertiary/aromatic N) is 3. The van der Waals surface area contributed by atoms with E-state index in [1.165, 1.54) is 25.0 Å². The highest BCUT2D eigenvalue weighted by Gasteiger charge is 2.12. The summed E-state index contributed by atoms with van der Waals surface area (Å²) in [6, 6.07) is 2.89. The van der Waals surface area contributed by atoms with Crippen molar-refractivity contribution in [2.24, 2.45) is 0 Å². The van der Waals surface area contributed by atoms with Gasteiger partial charge >= 0.3 is 0 Å². The molecule has 7 heteroatoms. The largest absolute Gasteiger partial charge is 0.373 e. The Morgan fingerprint density at radius 1 is 1.37 bits per heavy atom. The molecule has 0 aliphatic carbocycles. The molecular formula is C12H19N5O2. The Labute approximate surface area is 112 Å². The molecule has 0 atom stereocenters. The molecule has 2 rings (SSSR count). The Morgan fingerprint density at radius 3 is 2.68 bits per heavy atom. The maximum absolute atomic E-state index is 10.8. The van der Waals surface area contributed by atoms with Crippen LogP contribution in [0.3, 0.4) is 0 Å². The number of aromatic nitrogens is 1. The second kappa shape index (κ2) is 6.33. The molecule has 7 nitrogen and oxygen atoms in total. The zero-order valence-electron chi connectivity index (χ0n) is 11.1. The van der Waals surface area contributed by atoms with E-state index in [2.05, 4.69) is 20.5 Å². The summed E-state index contributed by atoms with van der Waals surface area (Å²) < 4.78 is 0. The standard InChI is InChI=1S/C12H19N5O2/c1-13-11-8-10(17(18)19)9-12(15-11)14-4-7-16-5-2-3-6-16/h8-9H,2-7H2,1H3,(H2,13,14,15). The van der Waals surface area contributed by atoms with E-state index < -0.39 is 4.92 Å². The van der Waals surface area contributed by atoms with E-state index >= 15 is 0 Å². The molecule has 1 fully saturated rings. The van der Waals surface area contributed by atoms with Crippen LogP contribution >= 0.6 is 0 Å². The second-order valence-electron chi connectivity index (χ2n) is 4.58. The number of rotatable bonds is 6. The van der Waals surface area contributed by atoms with Crippen LogP contribution in [0.1, 0.15) is 12.8 Å². The Kier molecular flexibility index (Phi) is 4.51. The first-order valence-electron chi connectivity index (χ1n) is 6.49. The van der Waals surface area contributed by atoms with E-state index in [0.717, 1.165) is 26.2 Å². The van der Waals surface area contributed by atoms with E-state index in [4.69, 9.17) is 0 Å². The summed E-state index contributed by atoms with van der Waals surface area (Å²) in [5.74, 6) is 1.04. The molecule has 19 heavy (non-hydrogen) atoms. The van der Waals surface area contributed by atoms with Gasteiger partial charge in [-0.1, -0.05) is 0 Å². The lowest BCUT2D eigenvalue weighted by Gasteiger charge is -2.15. The van der Waals surface area contributed by atoms with Crippen LogP contribution in [-0.2, 0) is 0 Å². The van der Waals surface area contributed by atoms with Crippen molar-refractivity contribution in [1.29, 1.82) is 0 Å². The Bertz CT molecular complexity index is 446. The lowest BCUT2D eigenvalue weighted by Crippen LogP contribution is -2.26. The average molecular weight is 265 g/mol. The molecule has 1 saturated heterocycles. The minimum Gasteiger partial charge on any atom is -0.373 e. The predicted molar refractivity (Wildman–Crippen MR) is 74.6 cm³/mol. The van der Waals surface area contributed by atoms with Crippen LogP contribution in [0, 0.1) is 10.1 Å². The third-order valence-electron chi connectivity index (χ3n) is 3.21. The van der Waals surface area contributed by atoms with E-state index in [1.54, 1.807) is 7.05 Å². The van der Waals surface area contributed by atoms with Gasteiger partial charge in [0.25, 0.3) is 5.69 Å². The number of hydrogen-bond donors (Lipinski definition) is 2. The summed E-state index contributed by atoms with van der Waals surface area (Å²) in [7, 11) is 1.69. The van der Waals surface area contributed by atoms with Gasteiger partial charge in [0.1, 0.15) is 11.6 Å². The van der Waals surface area contributed by atoms with Crippen LogP contribution in [0.15, 0.2) is 12.1 Å². The van der Waals surface area contributed by atoms with E-state index in [1.807, 2.05) is 0 Å². The third kappa shape index (κ3) is 3.78. The first kappa shape index (κ1) is 13.5. The zero-order valence-corrected chi connectivity index (χ0v) is 11.1. The first-order valence-corrected chi connectivity index (χ1v) is 6.49. The lowest BCUT2D eigenvalue weighted by atomic mass is 10.3. The summed E-state index contributed by atoms with van der Waals surface area (Å²) in [5.41, 5.74) is 0.0445. The Morgan fingerprint density at radius 2 is 2.05 bits per heavy atom. The highest BCUT2D eigenvalue weighted by Crippen LogP contribution is 2.20. The lowest BCUT2D eigenvalue weighted by molar-refractivity contribution is -0.384. The molecule has 0 spiro atoms. The molecule has 0 saturated carbocycles. The highest BCUT2D eigenvalue weighted by molar-refractivity contribution is 5.54. The van der Waals surface area contributed by atoms with Crippen molar-refractivity contribution < 1.29 is 4.92 Å². The van der Waals surface area contributed by atoms with E-state index in [-0.39, 0.29) is 5.69 Å². The fourth-order valence-corrected chi connectivity index (χ4v) is 2.19. The second-order valence-corrected chi connectivity index (χ2v) is 4.58. The topological polar surface area (TPSA) is 83.3 Å². The van der Waals surface area contributed by atoms with Gasteiger partial charge in [-0.15, -0.1) is 0 Å². The fourth-order valence-electron chi connectivity index (χ4n) is 2.19. The minimum atomic E-state index is -0.409. The van der Waals surface area contributed by atoms with E-state index in [0.29, 0.717) is 11.6 Å². The van der Waals surface area contributed by atoms with Gasteiger partial charge in [0.15, 0.2) is 0 Å². The summed E-state index contributed by atoms with van der Waals surface area (Å²) in [4.78, 5) is 17.0. The summed E-state index contributed by atoms with van der Waals surface area (Å²) in [6.07, 6.45) is 2.53. The van der Waals surface area contributed by atoms with Gasteiger partial charge in [-0.05, 0) is 25.9 Å². The summed E-state index contributed by atoms with van der Waals surface area (Å²) >= 11 is 0. The molecule has 0 bridgehead atoms. The number of pyridine rings is 1. The van der Waals surface area contributed by atoms with Crippen LogP contribution < -0.4 is 10.6 Å². The molecule has 0 aromatic carbocycles. The number of likely N-dealkylation sites (tertiary alicyclic amines) is 1. The van der Waals surface area contributed by atoms with Crippen molar-refractivity contribution in [2.45, 2.75) is 12.8 Å². The van der Waals surface area contributed by atoms with Gasteiger partial charge < -0.3 is 15.5 Å². The van der Waals surface area contributed by atoms with Crippen LogP contribution in [-0.4, -0.2) is 48.0 Å². The van der Waals surface area contributed by atoms with Gasteiger partial charge in [0.05, 0.1) is 17.1 Å². The van der Waals surface area contributed by atoms with Crippen molar-refractivity contribution in [3.63, 3.8) is 0 Å². The number of hydrogen-bond acceptors (Lipinski definition) is 6. The molecule has 2 N–H and O–H groups in total. The van der Waals surface area contributed by atoms with Crippen molar-refractivity contribution in [3.05, 3.63) is 22.2 Å². The predicted octanol–water partition coefficient (Wildman–Crippen LogP) is 1.54. The Hall–Kier alpha value is -1.89. The van der Waals surface area contributed by atoms with Crippen LogP contribution in [0.4, 0.5) is 17.3 Å². The summed E-state index contributed by atoms with van der Waals surface area (Å²) in [6.45, 7) is 3.98. The highest BCUT2D eigenvalue weighted by atomic mass is 16.6. The molecule has 1 aromatic rings. The average Bonchev–Trinajstić information content (AvgIpc) is 2.91. The first-order chi connectivity index (χ1) is 9.19. The quantitative estimate of drug-likeness (QED) is 0.599. The van der Waals surface area contributed by atoms with Gasteiger partial charge in [-0.3, -0.25) is 10.1 Å². The maximum Gasteiger partial charge on any atom is 0.276 e. The molecule has 1 aliphatic rings. The SMILES string of the molecule is CNc1cc([N+](=O)[O-])cc(NCCN2CCCC2)n1. The van der Waals surface area contributed by atoms with Crippen molar-refractivity contribution >= 4 is 17.3 Å². The van der Waals surface area contributed by atoms with Gasteiger partial charge in [0, 0.05) is 20.1 Å². The Balaban J connectivity index is 1.94. The minimum absolute atomic E-state index is 0.0445. The molecule has 1 aromatic heterocycles.